The summed E-state index contributed by atoms with van der Waals surface area (Å²) in [6.45, 7) is 4.86. The maximum Gasteiger partial charge on any atom is 0.246 e. The standard InChI is InChI=1S/C9H15NO/c1-3-4-8-5-7(2)9(11)10-6-8/h5,8H,3-4,6H2,1-2H3,(H,10,11). The molecule has 1 aliphatic rings. The summed E-state index contributed by atoms with van der Waals surface area (Å²) in [5.41, 5.74) is 0.870. The van der Waals surface area contributed by atoms with Crippen LogP contribution in [0.25, 0.3) is 0 Å². The second-order valence-corrected chi connectivity index (χ2v) is 3.11. The van der Waals surface area contributed by atoms with E-state index < -0.39 is 0 Å². The van der Waals surface area contributed by atoms with E-state index in [1.165, 1.54) is 12.8 Å². The Labute approximate surface area is 67.7 Å². The second-order valence-electron chi connectivity index (χ2n) is 3.11. The van der Waals surface area contributed by atoms with Crippen LogP contribution < -0.4 is 5.32 Å². The molecule has 0 aromatic rings. The maximum absolute atomic E-state index is 11.0. The lowest BCUT2D eigenvalue weighted by Gasteiger charge is -2.19. The van der Waals surface area contributed by atoms with E-state index in [4.69, 9.17) is 0 Å². The van der Waals surface area contributed by atoms with Gasteiger partial charge in [-0.3, -0.25) is 4.79 Å². The van der Waals surface area contributed by atoms with Crippen LogP contribution in [0.1, 0.15) is 26.7 Å². The van der Waals surface area contributed by atoms with E-state index in [0.29, 0.717) is 5.92 Å². The molecular weight excluding hydrogens is 138 g/mol. The number of rotatable bonds is 2. The molecule has 2 heteroatoms. The predicted octanol–water partition coefficient (Wildman–Crippen LogP) is 1.48. The van der Waals surface area contributed by atoms with Gasteiger partial charge >= 0.3 is 0 Å². The number of nitrogens with one attached hydrogen (secondary N) is 1. The fourth-order valence-electron chi connectivity index (χ4n) is 1.41. The first-order valence-corrected chi connectivity index (χ1v) is 4.20. The fraction of sp³-hybridized carbons (Fsp3) is 0.667. The maximum atomic E-state index is 11.0. The molecule has 0 aliphatic carbocycles. The first-order chi connectivity index (χ1) is 5.24. The van der Waals surface area contributed by atoms with E-state index in [1.807, 2.05) is 6.92 Å². The molecule has 0 radical (unpaired) electrons. The van der Waals surface area contributed by atoms with Crippen molar-refractivity contribution in [3.8, 4) is 0 Å². The van der Waals surface area contributed by atoms with Crippen LogP contribution in [0.15, 0.2) is 11.6 Å². The Hall–Kier alpha value is -0.790. The Morgan fingerprint density at radius 1 is 1.73 bits per heavy atom. The van der Waals surface area contributed by atoms with Crippen molar-refractivity contribution < 1.29 is 4.79 Å². The normalized spacial score (nSPS) is 24.4. The van der Waals surface area contributed by atoms with Gasteiger partial charge < -0.3 is 5.32 Å². The minimum Gasteiger partial charge on any atom is -0.352 e. The van der Waals surface area contributed by atoms with Crippen LogP contribution in [0.5, 0.6) is 0 Å². The summed E-state index contributed by atoms with van der Waals surface area (Å²) >= 11 is 0. The van der Waals surface area contributed by atoms with Gasteiger partial charge in [0.15, 0.2) is 0 Å². The van der Waals surface area contributed by atoms with E-state index >= 15 is 0 Å². The monoisotopic (exact) mass is 153 g/mol. The van der Waals surface area contributed by atoms with Gasteiger partial charge in [0.05, 0.1) is 0 Å². The van der Waals surface area contributed by atoms with Gasteiger partial charge in [-0.25, -0.2) is 0 Å². The lowest BCUT2D eigenvalue weighted by atomic mass is 9.97. The van der Waals surface area contributed by atoms with Gasteiger partial charge in [-0.2, -0.15) is 0 Å². The summed E-state index contributed by atoms with van der Waals surface area (Å²) in [7, 11) is 0. The lowest BCUT2D eigenvalue weighted by molar-refractivity contribution is -0.118. The Kier molecular flexibility index (Phi) is 2.69. The fourth-order valence-corrected chi connectivity index (χ4v) is 1.41. The molecule has 1 unspecified atom stereocenters. The van der Waals surface area contributed by atoms with Crippen LogP contribution >= 0.6 is 0 Å². The van der Waals surface area contributed by atoms with Gasteiger partial charge in [0.1, 0.15) is 0 Å². The molecule has 62 valence electrons. The highest BCUT2D eigenvalue weighted by Gasteiger charge is 2.15. The summed E-state index contributed by atoms with van der Waals surface area (Å²) in [6.07, 6.45) is 4.45. The second kappa shape index (κ2) is 3.56. The highest BCUT2D eigenvalue weighted by molar-refractivity contribution is 5.93. The van der Waals surface area contributed by atoms with Gasteiger partial charge in [0.25, 0.3) is 0 Å². The molecule has 0 saturated heterocycles. The van der Waals surface area contributed by atoms with Crippen LogP contribution in [0.4, 0.5) is 0 Å². The zero-order valence-corrected chi connectivity index (χ0v) is 7.18. The number of carbonyl (C=O) groups is 1. The van der Waals surface area contributed by atoms with Gasteiger partial charge in [0, 0.05) is 12.1 Å². The number of amides is 1. The molecule has 0 saturated carbocycles. The molecule has 2 nitrogen and oxygen atoms in total. The molecule has 1 rings (SSSR count). The highest BCUT2D eigenvalue weighted by atomic mass is 16.1. The molecule has 1 N–H and O–H groups in total. The largest absolute Gasteiger partial charge is 0.352 e. The predicted molar refractivity (Wildman–Crippen MR) is 45.2 cm³/mol. The molecule has 0 spiro atoms. The molecule has 0 bridgehead atoms. The average Bonchev–Trinajstić information content (AvgIpc) is 1.98. The minimum absolute atomic E-state index is 0.0948. The topological polar surface area (TPSA) is 29.1 Å². The van der Waals surface area contributed by atoms with Crippen LogP contribution in [-0.4, -0.2) is 12.5 Å². The number of hydrogen-bond acceptors (Lipinski definition) is 1. The quantitative estimate of drug-likeness (QED) is 0.639. The van der Waals surface area contributed by atoms with Crippen molar-refractivity contribution in [2.45, 2.75) is 26.7 Å². The summed E-state index contributed by atoms with van der Waals surface area (Å²) < 4.78 is 0. The molecule has 0 aromatic carbocycles. The molecule has 1 amide bonds. The van der Waals surface area contributed by atoms with Gasteiger partial charge in [-0.15, -0.1) is 0 Å². The SMILES string of the molecule is CCCC1C=C(C)C(=O)NC1. The molecule has 1 atom stereocenters. The van der Waals surface area contributed by atoms with Crippen LogP contribution in [0.2, 0.25) is 0 Å². The smallest absolute Gasteiger partial charge is 0.246 e. The summed E-state index contributed by atoms with van der Waals surface area (Å²) in [4.78, 5) is 11.0. The average molecular weight is 153 g/mol. The van der Waals surface area contributed by atoms with Crippen LogP contribution in [0, 0.1) is 5.92 Å². The van der Waals surface area contributed by atoms with Crippen molar-refractivity contribution in [2.75, 3.05) is 6.54 Å². The number of hydrogen-bond donors (Lipinski definition) is 1. The third kappa shape index (κ3) is 2.07. The van der Waals surface area contributed by atoms with E-state index in [1.54, 1.807) is 0 Å². The first-order valence-electron chi connectivity index (χ1n) is 4.20. The molecule has 0 fully saturated rings. The van der Waals surface area contributed by atoms with E-state index in [0.717, 1.165) is 12.1 Å². The Balaban J connectivity index is 2.54. The molecular formula is C9H15NO. The van der Waals surface area contributed by atoms with Crippen LogP contribution in [0.3, 0.4) is 0 Å². The summed E-state index contributed by atoms with van der Waals surface area (Å²) in [5.74, 6) is 0.662. The zero-order valence-electron chi connectivity index (χ0n) is 7.18. The van der Waals surface area contributed by atoms with Gasteiger partial charge in [-0.1, -0.05) is 19.4 Å². The highest BCUT2D eigenvalue weighted by Crippen LogP contribution is 2.13. The van der Waals surface area contributed by atoms with Crippen molar-refractivity contribution in [1.29, 1.82) is 0 Å². The molecule has 1 heterocycles. The third-order valence-corrected chi connectivity index (χ3v) is 2.03. The minimum atomic E-state index is 0.0948. The van der Waals surface area contributed by atoms with Crippen molar-refractivity contribution in [3.05, 3.63) is 11.6 Å². The van der Waals surface area contributed by atoms with E-state index in [-0.39, 0.29) is 5.91 Å². The summed E-state index contributed by atoms with van der Waals surface area (Å²) in [5, 5.41) is 2.86. The van der Waals surface area contributed by atoms with Crippen molar-refractivity contribution in [2.24, 2.45) is 5.92 Å². The molecule has 0 aromatic heterocycles. The van der Waals surface area contributed by atoms with Crippen LogP contribution in [-0.2, 0) is 4.79 Å². The van der Waals surface area contributed by atoms with E-state index in [2.05, 4.69) is 18.3 Å². The zero-order chi connectivity index (χ0) is 8.27. The van der Waals surface area contributed by atoms with Gasteiger partial charge in [-0.05, 0) is 19.3 Å². The van der Waals surface area contributed by atoms with Crippen molar-refractivity contribution in [3.63, 3.8) is 0 Å². The summed E-state index contributed by atoms with van der Waals surface area (Å²) in [6, 6.07) is 0. The third-order valence-electron chi connectivity index (χ3n) is 2.03. The lowest BCUT2D eigenvalue weighted by Crippen LogP contribution is -2.33. The van der Waals surface area contributed by atoms with Gasteiger partial charge in [0.2, 0.25) is 5.91 Å². The van der Waals surface area contributed by atoms with Crippen molar-refractivity contribution in [1.82, 2.24) is 5.32 Å². The first kappa shape index (κ1) is 8.31. The molecule has 1 aliphatic heterocycles. The Bertz CT molecular complexity index is 184. The van der Waals surface area contributed by atoms with Crippen molar-refractivity contribution >= 4 is 5.91 Å². The van der Waals surface area contributed by atoms with E-state index in [9.17, 15) is 4.79 Å². The Morgan fingerprint density at radius 2 is 2.45 bits per heavy atom. The number of carbonyl (C=O) groups excluding carboxylic acids is 1. The molecule has 11 heavy (non-hydrogen) atoms. The Morgan fingerprint density at radius 3 is 3.00 bits per heavy atom.